The lowest BCUT2D eigenvalue weighted by molar-refractivity contribution is -0.138. The quantitative estimate of drug-likeness (QED) is 0.909. The summed E-state index contributed by atoms with van der Waals surface area (Å²) >= 11 is 0. The Balaban J connectivity index is 1.83. The van der Waals surface area contributed by atoms with Crippen LogP contribution in [0.25, 0.3) is 0 Å². The lowest BCUT2D eigenvalue weighted by Gasteiger charge is -2.29. The smallest absolute Gasteiger partial charge is 0.312 e. The largest absolute Gasteiger partial charge is 0.481 e. The fourth-order valence-corrected chi connectivity index (χ4v) is 3.55. The number of para-hydroxylation sites is 1. The van der Waals surface area contributed by atoms with E-state index >= 15 is 0 Å². The van der Waals surface area contributed by atoms with E-state index in [1.807, 2.05) is 24.3 Å². The molecule has 0 aromatic heterocycles. The maximum Gasteiger partial charge on any atom is 0.312 e. The number of carboxylic acids is 1. The number of amides is 1. The Morgan fingerprint density at radius 1 is 1.14 bits per heavy atom. The fourth-order valence-electron chi connectivity index (χ4n) is 3.55. The minimum absolute atomic E-state index is 0.0572. The van der Waals surface area contributed by atoms with Crippen LogP contribution in [-0.2, 0) is 9.59 Å². The van der Waals surface area contributed by atoms with Crippen LogP contribution in [0.4, 0.5) is 5.69 Å². The Morgan fingerprint density at radius 3 is 2.48 bits per heavy atom. The summed E-state index contributed by atoms with van der Waals surface area (Å²) in [4.78, 5) is 25.9. The highest BCUT2D eigenvalue weighted by Crippen LogP contribution is 2.39. The van der Waals surface area contributed by atoms with Crippen molar-refractivity contribution in [2.45, 2.75) is 38.5 Å². The molecule has 1 aliphatic heterocycles. The average molecular weight is 287 g/mol. The Morgan fingerprint density at radius 2 is 1.81 bits per heavy atom. The highest BCUT2D eigenvalue weighted by atomic mass is 16.4. The molecule has 0 bridgehead atoms. The molecular weight excluding hydrogens is 266 g/mol. The number of benzene rings is 1. The Hall–Kier alpha value is -1.84. The minimum Gasteiger partial charge on any atom is -0.481 e. The van der Waals surface area contributed by atoms with Gasteiger partial charge in [-0.25, -0.2) is 0 Å². The Bertz CT molecular complexity index is 561. The topological polar surface area (TPSA) is 57.6 Å². The van der Waals surface area contributed by atoms with Gasteiger partial charge in [-0.3, -0.25) is 9.59 Å². The van der Waals surface area contributed by atoms with E-state index < -0.39 is 11.9 Å². The summed E-state index contributed by atoms with van der Waals surface area (Å²) < 4.78 is 0. The first-order chi connectivity index (χ1) is 10.1. The number of aliphatic carboxylic acids is 1. The molecule has 0 spiro atoms. The van der Waals surface area contributed by atoms with Crippen LogP contribution >= 0.6 is 0 Å². The van der Waals surface area contributed by atoms with Crippen molar-refractivity contribution < 1.29 is 14.7 Å². The van der Waals surface area contributed by atoms with E-state index in [9.17, 15) is 14.7 Å². The van der Waals surface area contributed by atoms with Gasteiger partial charge in [-0.05, 0) is 43.2 Å². The molecule has 4 nitrogen and oxygen atoms in total. The van der Waals surface area contributed by atoms with Crippen LogP contribution in [0, 0.1) is 11.8 Å². The van der Waals surface area contributed by atoms with Crippen molar-refractivity contribution in [3.05, 3.63) is 29.8 Å². The van der Waals surface area contributed by atoms with Gasteiger partial charge in [0.25, 0.3) is 0 Å². The van der Waals surface area contributed by atoms with Crippen LogP contribution < -0.4 is 4.90 Å². The number of rotatable bonds is 2. The van der Waals surface area contributed by atoms with Crippen molar-refractivity contribution in [3.8, 4) is 0 Å². The van der Waals surface area contributed by atoms with Gasteiger partial charge in [0.15, 0.2) is 0 Å². The van der Waals surface area contributed by atoms with Crippen LogP contribution in [0.5, 0.6) is 0 Å². The molecule has 21 heavy (non-hydrogen) atoms. The van der Waals surface area contributed by atoms with Gasteiger partial charge in [0, 0.05) is 18.2 Å². The van der Waals surface area contributed by atoms with Gasteiger partial charge in [0.05, 0.1) is 0 Å². The molecule has 1 fully saturated rings. The maximum atomic E-state index is 12.8. The lowest BCUT2D eigenvalue weighted by Crippen LogP contribution is -2.37. The highest BCUT2D eigenvalue weighted by molar-refractivity contribution is 6.00. The summed E-state index contributed by atoms with van der Waals surface area (Å²) in [6.07, 6.45) is 4.04. The molecule has 1 unspecified atom stereocenters. The predicted octanol–water partition coefficient (Wildman–Crippen LogP) is 3.03. The van der Waals surface area contributed by atoms with E-state index in [2.05, 4.69) is 6.92 Å². The second-order valence-electron chi connectivity index (χ2n) is 6.36. The molecule has 1 aromatic carbocycles. The predicted molar refractivity (Wildman–Crippen MR) is 80.3 cm³/mol. The molecule has 2 aliphatic rings. The molecule has 0 saturated heterocycles. The SMILES string of the molecule is CC1CCC(C(=O)N2CC(C(=O)O)c3ccccc32)CC1. The van der Waals surface area contributed by atoms with Crippen LogP contribution in [-0.4, -0.2) is 23.5 Å². The van der Waals surface area contributed by atoms with Crippen molar-refractivity contribution in [1.29, 1.82) is 0 Å². The molecular formula is C17H21NO3. The van der Waals surface area contributed by atoms with Crippen LogP contribution in [0.3, 0.4) is 0 Å². The first kappa shape index (κ1) is 14.1. The van der Waals surface area contributed by atoms with Crippen molar-refractivity contribution >= 4 is 17.6 Å². The number of carbonyl (C=O) groups excluding carboxylic acids is 1. The first-order valence-corrected chi connectivity index (χ1v) is 7.71. The molecule has 3 rings (SSSR count). The fraction of sp³-hybridized carbons (Fsp3) is 0.529. The third kappa shape index (κ3) is 2.55. The molecule has 1 N–H and O–H groups in total. The van der Waals surface area contributed by atoms with E-state index in [0.717, 1.165) is 36.9 Å². The zero-order valence-corrected chi connectivity index (χ0v) is 12.3. The van der Waals surface area contributed by atoms with Crippen molar-refractivity contribution in [2.75, 3.05) is 11.4 Å². The van der Waals surface area contributed by atoms with Crippen molar-refractivity contribution in [1.82, 2.24) is 0 Å². The maximum absolute atomic E-state index is 12.8. The molecule has 1 saturated carbocycles. The normalized spacial score (nSPS) is 28.2. The number of nitrogens with zero attached hydrogens (tertiary/aromatic N) is 1. The standard InChI is InChI=1S/C17H21NO3/c1-11-6-8-12(9-7-11)16(19)18-10-14(17(20)21)13-4-2-3-5-15(13)18/h2-5,11-12,14H,6-10H2,1H3,(H,20,21). The number of fused-ring (bicyclic) bond motifs is 1. The number of carbonyl (C=O) groups is 2. The van der Waals surface area contributed by atoms with Gasteiger partial charge in [-0.1, -0.05) is 25.1 Å². The monoisotopic (exact) mass is 287 g/mol. The summed E-state index contributed by atoms with van der Waals surface area (Å²) in [5.41, 5.74) is 1.55. The number of anilines is 1. The van der Waals surface area contributed by atoms with Gasteiger partial charge in [0.2, 0.25) is 5.91 Å². The van der Waals surface area contributed by atoms with Gasteiger partial charge in [-0.2, -0.15) is 0 Å². The van der Waals surface area contributed by atoms with Crippen LogP contribution in [0.1, 0.15) is 44.1 Å². The van der Waals surface area contributed by atoms with E-state index in [-0.39, 0.29) is 18.4 Å². The second-order valence-corrected chi connectivity index (χ2v) is 6.36. The average Bonchev–Trinajstić information content (AvgIpc) is 2.87. The van der Waals surface area contributed by atoms with Crippen molar-refractivity contribution in [2.24, 2.45) is 11.8 Å². The van der Waals surface area contributed by atoms with E-state index in [1.54, 1.807) is 4.90 Å². The summed E-state index contributed by atoms with van der Waals surface area (Å²) in [5.74, 6) is -0.575. The van der Waals surface area contributed by atoms with Crippen molar-refractivity contribution in [3.63, 3.8) is 0 Å². The summed E-state index contributed by atoms with van der Waals surface area (Å²) in [7, 11) is 0. The zero-order valence-electron chi connectivity index (χ0n) is 12.3. The lowest BCUT2D eigenvalue weighted by atomic mass is 9.82. The van der Waals surface area contributed by atoms with Gasteiger partial charge in [-0.15, -0.1) is 0 Å². The van der Waals surface area contributed by atoms with Crippen LogP contribution in [0.15, 0.2) is 24.3 Å². The molecule has 4 heteroatoms. The molecule has 1 atom stereocenters. The third-order valence-corrected chi connectivity index (χ3v) is 4.90. The molecule has 1 amide bonds. The summed E-state index contributed by atoms with van der Waals surface area (Å²) in [6.45, 7) is 2.51. The summed E-state index contributed by atoms with van der Waals surface area (Å²) in [5, 5.41) is 9.37. The van der Waals surface area contributed by atoms with Gasteiger partial charge >= 0.3 is 5.97 Å². The second kappa shape index (κ2) is 5.51. The first-order valence-electron chi connectivity index (χ1n) is 7.71. The Labute approximate surface area is 124 Å². The molecule has 1 heterocycles. The third-order valence-electron chi connectivity index (χ3n) is 4.90. The van der Waals surface area contributed by atoms with E-state index in [1.165, 1.54) is 0 Å². The minimum atomic E-state index is -0.852. The zero-order chi connectivity index (χ0) is 15.0. The molecule has 112 valence electrons. The molecule has 1 aliphatic carbocycles. The molecule has 1 aromatic rings. The van der Waals surface area contributed by atoms with Gasteiger partial charge < -0.3 is 10.0 Å². The summed E-state index contributed by atoms with van der Waals surface area (Å²) in [6, 6.07) is 7.39. The number of hydrogen-bond acceptors (Lipinski definition) is 2. The molecule has 0 radical (unpaired) electrons. The van der Waals surface area contributed by atoms with E-state index in [0.29, 0.717) is 5.92 Å². The van der Waals surface area contributed by atoms with Gasteiger partial charge in [0.1, 0.15) is 5.92 Å². The van der Waals surface area contributed by atoms with E-state index in [4.69, 9.17) is 0 Å². The van der Waals surface area contributed by atoms with Crippen LogP contribution in [0.2, 0.25) is 0 Å². The highest BCUT2D eigenvalue weighted by Gasteiger charge is 2.38. The number of carboxylic acid groups (broad SMARTS) is 1. The number of hydrogen-bond donors (Lipinski definition) is 1. The Kier molecular flexibility index (Phi) is 3.70.